The quantitative estimate of drug-likeness (QED) is 0.665. The van der Waals surface area contributed by atoms with E-state index in [0.29, 0.717) is 6.42 Å². The van der Waals surface area contributed by atoms with Gasteiger partial charge in [-0.15, -0.1) is 0 Å². The van der Waals surface area contributed by atoms with E-state index >= 15 is 0 Å². The second-order valence-electron chi connectivity index (χ2n) is 3.99. The van der Waals surface area contributed by atoms with Crippen molar-refractivity contribution in [3.63, 3.8) is 0 Å². The molecule has 1 fully saturated rings. The highest BCUT2D eigenvalue weighted by atomic mass is 16.5. The SMILES string of the molecule is COC(=O)CC[C@H]1CN(C)CC[C@H]1O. The van der Waals surface area contributed by atoms with Gasteiger partial charge in [-0.05, 0) is 25.8 Å². The highest BCUT2D eigenvalue weighted by Gasteiger charge is 2.26. The van der Waals surface area contributed by atoms with Crippen molar-refractivity contribution >= 4 is 5.97 Å². The largest absolute Gasteiger partial charge is 0.469 e. The molecule has 4 nitrogen and oxygen atoms in total. The first kappa shape index (κ1) is 11.5. The van der Waals surface area contributed by atoms with E-state index in [1.807, 2.05) is 7.05 Å². The third-order valence-corrected chi connectivity index (χ3v) is 2.84. The second kappa shape index (κ2) is 5.32. The summed E-state index contributed by atoms with van der Waals surface area (Å²) in [4.78, 5) is 13.1. The van der Waals surface area contributed by atoms with Crippen molar-refractivity contribution in [1.82, 2.24) is 4.90 Å². The highest BCUT2D eigenvalue weighted by molar-refractivity contribution is 5.69. The van der Waals surface area contributed by atoms with Crippen molar-refractivity contribution in [3.05, 3.63) is 0 Å². The zero-order valence-corrected chi connectivity index (χ0v) is 8.90. The van der Waals surface area contributed by atoms with Crippen LogP contribution in [0.3, 0.4) is 0 Å². The Morgan fingerprint density at radius 1 is 1.64 bits per heavy atom. The molecule has 1 saturated heterocycles. The summed E-state index contributed by atoms with van der Waals surface area (Å²) in [5, 5.41) is 9.69. The van der Waals surface area contributed by atoms with Crippen LogP contribution >= 0.6 is 0 Å². The van der Waals surface area contributed by atoms with E-state index in [1.165, 1.54) is 7.11 Å². The van der Waals surface area contributed by atoms with Crippen LogP contribution in [0.25, 0.3) is 0 Å². The Hall–Kier alpha value is -0.610. The van der Waals surface area contributed by atoms with E-state index in [4.69, 9.17) is 0 Å². The molecule has 14 heavy (non-hydrogen) atoms. The molecule has 1 heterocycles. The molecule has 0 spiro atoms. The summed E-state index contributed by atoms with van der Waals surface area (Å²) in [5.41, 5.74) is 0. The summed E-state index contributed by atoms with van der Waals surface area (Å²) in [7, 11) is 3.43. The number of carbonyl (C=O) groups excluding carboxylic acids is 1. The van der Waals surface area contributed by atoms with Gasteiger partial charge in [-0.3, -0.25) is 4.79 Å². The smallest absolute Gasteiger partial charge is 0.305 e. The lowest BCUT2D eigenvalue weighted by Gasteiger charge is -2.33. The average molecular weight is 201 g/mol. The predicted molar refractivity (Wildman–Crippen MR) is 52.9 cm³/mol. The molecule has 4 heteroatoms. The van der Waals surface area contributed by atoms with Gasteiger partial charge in [0.15, 0.2) is 0 Å². The Morgan fingerprint density at radius 2 is 2.36 bits per heavy atom. The fourth-order valence-corrected chi connectivity index (χ4v) is 1.89. The van der Waals surface area contributed by atoms with Crippen molar-refractivity contribution in [2.75, 3.05) is 27.2 Å². The number of likely N-dealkylation sites (tertiary alicyclic amines) is 1. The molecule has 1 N–H and O–H groups in total. The van der Waals surface area contributed by atoms with E-state index in [0.717, 1.165) is 25.9 Å². The maximum Gasteiger partial charge on any atom is 0.305 e. The van der Waals surface area contributed by atoms with Gasteiger partial charge < -0.3 is 14.7 Å². The number of piperidine rings is 1. The molecule has 82 valence electrons. The van der Waals surface area contributed by atoms with Gasteiger partial charge in [-0.1, -0.05) is 0 Å². The first-order valence-corrected chi connectivity index (χ1v) is 5.07. The van der Waals surface area contributed by atoms with Gasteiger partial charge in [-0.2, -0.15) is 0 Å². The number of hydrogen-bond donors (Lipinski definition) is 1. The predicted octanol–water partition coefficient (Wildman–Crippen LogP) is 0.252. The lowest BCUT2D eigenvalue weighted by atomic mass is 9.91. The molecule has 0 aromatic carbocycles. The molecule has 0 radical (unpaired) electrons. The molecule has 1 aliphatic rings. The molecule has 2 atom stereocenters. The first-order chi connectivity index (χ1) is 6.63. The van der Waals surface area contributed by atoms with Gasteiger partial charge in [-0.25, -0.2) is 0 Å². The van der Waals surface area contributed by atoms with Crippen LogP contribution in [-0.4, -0.2) is 49.3 Å². The van der Waals surface area contributed by atoms with Gasteiger partial charge in [0.2, 0.25) is 0 Å². The van der Waals surface area contributed by atoms with Crippen LogP contribution in [-0.2, 0) is 9.53 Å². The minimum absolute atomic E-state index is 0.189. The van der Waals surface area contributed by atoms with E-state index in [1.54, 1.807) is 0 Å². The van der Waals surface area contributed by atoms with Gasteiger partial charge in [0.05, 0.1) is 13.2 Å². The normalized spacial score (nSPS) is 28.8. The molecule has 0 unspecified atom stereocenters. The van der Waals surface area contributed by atoms with Crippen molar-refractivity contribution in [2.24, 2.45) is 5.92 Å². The molecular formula is C10H19NO3. The van der Waals surface area contributed by atoms with E-state index in [-0.39, 0.29) is 18.0 Å². The monoisotopic (exact) mass is 201 g/mol. The lowest BCUT2D eigenvalue weighted by Crippen LogP contribution is -2.41. The molecule has 0 aromatic heterocycles. The number of ether oxygens (including phenoxy) is 1. The number of hydrogen-bond acceptors (Lipinski definition) is 4. The van der Waals surface area contributed by atoms with Gasteiger partial charge >= 0.3 is 5.97 Å². The van der Waals surface area contributed by atoms with E-state index in [9.17, 15) is 9.90 Å². The number of methoxy groups -OCH3 is 1. The van der Waals surface area contributed by atoms with Crippen LogP contribution in [0, 0.1) is 5.92 Å². The molecule has 0 saturated carbocycles. The van der Waals surface area contributed by atoms with Crippen LogP contribution in [0.4, 0.5) is 0 Å². The van der Waals surface area contributed by atoms with Crippen molar-refractivity contribution in [2.45, 2.75) is 25.4 Å². The number of aliphatic hydroxyl groups excluding tert-OH is 1. The maximum atomic E-state index is 10.9. The molecule has 0 amide bonds. The van der Waals surface area contributed by atoms with Crippen molar-refractivity contribution < 1.29 is 14.6 Å². The van der Waals surface area contributed by atoms with E-state index in [2.05, 4.69) is 9.64 Å². The molecule has 1 rings (SSSR count). The lowest BCUT2D eigenvalue weighted by molar-refractivity contribution is -0.141. The third kappa shape index (κ3) is 3.27. The fraction of sp³-hybridized carbons (Fsp3) is 0.900. The number of esters is 1. The van der Waals surface area contributed by atoms with Crippen LogP contribution in [0.5, 0.6) is 0 Å². The highest BCUT2D eigenvalue weighted by Crippen LogP contribution is 2.20. The Bertz CT molecular complexity index is 196. The van der Waals surface area contributed by atoms with Crippen LogP contribution in [0.2, 0.25) is 0 Å². The molecule has 1 aliphatic heterocycles. The molecular weight excluding hydrogens is 182 g/mol. The fourth-order valence-electron chi connectivity index (χ4n) is 1.89. The average Bonchev–Trinajstić information content (AvgIpc) is 2.19. The topological polar surface area (TPSA) is 49.8 Å². The minimum atomic E-state index is -0.254. The molecule has 0 aliphatic carbocycles. The summed E-state index contributed by atoms with van der Waals surface area (Å²) in [6.45, 7) is 1.81. The standard InChI is InChI=1S/C10H19NO3/c1-11-6-5-9(12)8(7-11)3-4-10(13)14-2/h8-9,12H,3-7H2,1-2H3/t8-,9+/m0/s1. The Morgan fingerprint density at radius 3 is 3.00 bits per heavy atom. The van der Waals surface area contributed by atoms with Crippen LogP contribution in [0.15, 0.2) is 0 Å². The first-order valence-electron chi connectivity index (χ1n) is 5.07. The van der Waals surface area contributed by atoms with Gasteiger partial charge in [0.25, 0.3) is 0 Å². The number of carbonyl (C=O) groups is 1. The number of aliphatic hydroxyl groups is 1. The maximum absolute atomic E-state index is 10.9. The summed E-state index contributed by atoms with van der Waals surface area (Å²) < 4.78 is 4.57. The minimum Gasteiger partial charge on any atom is -0.469 e. The van der Waals surface area contributed by atoms with Gasteiger partial charge in [0.1, 0.15) is 0 Å². The molecule has 0 bridgehead atoms. The molecule has 0 aromatic rings. The number of nitrogens with zero attached hydrogens (tertiary/aromatic N) is 1. The zero-order valence-electron chi connectivity index (χ0n) is 8.90. The van der Waals surface area contributed by atoms with Gasteiger partial charge in [0, 0.05) is 19.5 Å². The summed E-state index contributed by atoms with van der Waals surface area (Å²) in [6, 6.07) is 0. The van der Waals surface area contributed by atoms with E-state index < -0.39 is 0 Å². The third-order valence-electron chi connectivity index (χ3n) is 2.84. The Kier molecular flexibility index (Phi) is 4.35. The summed E-state index contributed by atoms with van der Waals surface area (Å²) >= 11 is 0. The number of rotatable bonds is 3. The summed E-state index contributed by atoms with van der Waals surface area (Å²) in [5.74, 6) is 0.0262. The van der Waals surface area contributed by atoms with Crippen molar-refractivity contribution in [3.8, 4) is 0 Å². The summed E-state index contributed by atoms with van der Waals surface area (Å²) in [6.07, 6.45) is 1.68. The van der Waals surface area contributed by atoms with Crippen molar-refractivity contribution in [1.29, 1.82) is 0 Å². The second-order valence-corrected chi connectivity index (χ2v) is 3.99. The Labute approximate surface area is 84.8 Å². The zero-order chi connectivity index (χ0) is 10.6. The van der Waals surface area contributed by atoms with Crippen LogP contribution < -0.4 is 0 Å². The Balaban J connectivity index is 2.30. The van der Waals surface area contributed by atoms with Crippen LogP contribution in [0.1, 0.15) is 19.3 Å².